The molecule has 3 nitrogen and oxygen atoms in total. The Morgan fingerprint density at radius 3 is 2.55 bits per heavy atom. The van der Waals surface area contributed by atoms with Crippen LogP contribution in [0.5, 0.6) is 0 Å². The van der Waals surface area contributed by atoms with Crippen molar-refractivity contribution in [3.8, 4) is 0 Å². The van der Waals surface area contributed by atoms with Crippen molar-refractivity contribution in [2.24, 2.45) is 5.92 Å². The van der Waals surface area contributed by atoms with Crippen molar-refractivity contribution in [1.29, 1.82) is 0 Å². The number of carbonyl (C=O) groups excluding carboxylic acids is 1. The van der Waals surface area contributed by atoms with E-state index < -0.39 is 0 Å². The molecular formula is C29H36N2OS. The van der Waals surface area contributed by atoms with E-state index in [2.05, 4.69) is 46.0 Å². The number of amides is 1. The number of nitrogens with zero attached hydrogens (tertiary/aromatic N) is 1. The van der Waals surface area contributed by atoms with Gasteiger partial charge in [-0.1, -0.05) is 73.7 Å². The van der Waals surface area contributed by atoms with Crippen LogP contribution in [0, 0.1) is 5.92 Å². The zero-order chi connectivity index (χ0) is 22.5. The second-order valence-electron chi connectivity index (χ2n) is 9.84. The van der Waals surface area contributed by atoms with Gasteiger partial charge >= 0.3 is 0 Å². The van der Waals surface area contributed by atoms with Gasteiger partial charge in [0, 0.05) is 30.0 Å². The Labute approximate surface area is 203 Å². The quantitative estimate of drug-likeness (QED) is 0.274. The third-order valence-corrected chi connectivity index (χ3v) is 8.10. The number of hydrogen-bond donors (Lipinski definition) is 1. The number of benzene rings is 2. The van der Waals surface area contributed by atoms with Crippen LogP contribution >= 0.6 is 11.9 Å². The van der Waals surface area contributed by atoms with Crippen LogP contribution in [0.25, 0.3) is 5.70 Å². The zero-order valence-corrected chi connectivity index (χ0v) is 20.5. The summed E-state index contributed by atoms with van der Waals surface area (Å²) in [7, 11) is 0. The Balaban J connectivity index is 1.00. The average molecular weight is 461 g/mol. The second kappa shape index (κ2) is 10.9. The fourth-order valence-electron chi connectivity index (χ4n) is 4.95. The van der Waals surface area contributed by atoms with Crippen LogP contribution in [-0.4, -0.2) is 23.1 Å². The van der Waals surface area contributed by atoms with Crippen LogP contribution < -0.4 is 4.72 Å². The second-order valence-corrected chi connectivity index (χ2v) is 10.8. The Kier molecular flexibility index (Phi) is 7.53. The minimum atomic E-state index is 0.204. The number of nitrogens with one attached hydrogen (secondary N) is 1. The molecule has 0 spiro atoms. The molecule has 0 saturated heterocycles. The lowest BCUT2D eigenvalue weighted by molar-refractivity contribution is 0.0847. The maximum Gasteiger partial charge on any atom is 0.258 e. The first kappa shape index (κ1) is 22.7. The topological polar surface area (TPSA) is 32.3 Å². The SMILES string of the molecule is O=C1c2ccccc2C(=C2CCC2)N1CCCCCSNCc1cccc(CCC2CC2)c1. The lowest BCUT2D eigenvalue weighted by atomic mass is 9.88. The molecule has 1 N–H and O–H groups in total. The molecule has 0 radical (unpaired) electrons. The third kappa shape index (κ3) is 5.73. The monoisotopic (exact) mass is 460 g/mol. The first-order valence-electron chi connectivity index (χ1n) is 12.9. The number of fused-ring (bicyclic) bond motifs is 1. The van der Waals surface area contributed by atoms with E-state index in [9.17, 15) is 4.79 Å². The van der Waals surface area contributed by atoms with Crippen molar-refractivity contribution in [3.05, 3.63) is 76.4 Å². The highest BCUT2D eigenvalue weighted by molar-refractivity contribution is 7.97. The van der Waals surface area contributed by atoms with Gasteiger partial charge < -0.3 is 4.90 Å². The lowest BCUT2D eigenvalue weighted by Crippen LogP contribution is -2.26. The predicted octanol–water partition coefficient (Wildman–Crippen LogP) is 6.99. The van der Waals surface area contributed by atoms with Crippen LogP contribution in [-0.2, 0) is 13.0 Å². The van der Waals surface area contributed by atoms with E-state index in [4.69, 9.17) is 0 Å². The van der Waals surface area contributed by atoms with E-state index in [-0.39, 0.29) is 5.91 Å². The molecular weight excluding hydrogens is 424 g/mol. The summed E-state index contributed by atoms with van der Waals surface area (Å²) in [5.74, 6) is 2.32. The van der Waals surface area contributed by atoms with Gasteiger partial charge in [0.2, 0.25) is 0 Å². The lowest BCUT2D eigenvalue weighted by Gasteiger charge is -2.26. The standard InChI is InChI=1S/C29H36N2OS/c32-29-27-13-3-2-12-26(27)28(25-10-7-11-25)31(29)18-4-1-5-19-33-30-21-24-9-6-8-23(20-24)17-16-22-14-15-22/h2-3,6,8-9,12-13,20,22,30H,1,4-5,7,10-11,14-19,21H2. The van der Waals surface area contributed by atoms with Crippen LogP contribution in [0.4, 0.5) is 0 Å². The van der Waals surface area contributed by atoms with Gasteiger partial charge in [-0.15, -0.1) is 0 Å². The number of hydrogen-bond acceptors (Lipinski definition) is 3. The minimum absolute atomic E-state index is 0.204. The summed E-state index contributed by atoms with van der Waals surface area (Å²) in [6.45, 7) is 1.78. The van der Waals surface area contributed by atoms with Crippen LogP contribution in [0.3, 0.4) is 0 Å². The Morgan fingerprint density at radius 2 is 1.76 bits per heavy atom. The Morgan fingerprint density at radius 1 is 0.939 bits per heavy atom. The fraction of sp³-hybridized carbons (Fsp3) is 0.483. The molecule has 0 atom stereocenters. The van der Waals surface area contributed by atoms with Crippen molar-refractivity contribution in [3.63, 3.8) is 0 Å². The molecule has 1 amide bonds. The molecule has 5 rings (SSSR count). The average Bonchev–Trinajstić information content (AvgIpc) is 3.60. The van der Waals surface area contributed by atoms with Gasteiger partial charge in [0.1, 0.15) is 0 Å². The summed E-state index contributed by atoms with van der Waals surface area (Å²) in [5, 5.41) is 0. The number of carbonyl (C=O) groups is 1. The highest BCUT2D eigenvalue weighted by Gasteiger charge is 2.34. The number of unbranched alkanes of at least 4 members (excludes halogenated alkanes) is 2. The van der Waals surface area contributed by atoms with E-state index >= 15 is 0 Å². The number of aryl methyl sites for hydroxylation is 1. The smallest absolute Gasteiger partial charge is 0.258 e. The first-order valence-corrected chi connectivity index (χ1v) is 13.8. The van der Waals surface area contributed by atoms with Gasteiger partial charge in [-0.3, -0.25) is 9.52 Å². The molecule has 2 saturated carbocycles. The van der Waals surface area contributed by atoms with Crippen molar-refractivity contribution >= 4 is 23.6 Å². The minimum Gasteiger partial charge on any atom is -0.308 e. The molecule has 4 heteroatoms. The molecule has 0 aromatic heterocycles. The molecule has 0 unspecified atom stereocenters. The normalized spacial score (nSPS) is 17.5. The first-order chi connectivity index (χ1) is 16.3. The van der Waals surface area contributed by atoms with Crippen molar-refractivity contribution in [2.75, 3.05) is 12.3 Å². The molecule has 33 heavy (non-hydrogen) atoms. The molecule has 2 aromatic carbocycles. The van der Waals surface area contributed by atoms with Gasteiger partial charge in [0.25, 0.3) is 5.91 Å². The Bertz CT molecular complexity index is 1000. The zero-order valence-electron chi connectivity index (χ0n) is 19.7. The third-order valence-electron chi connectivity index (χ3n) is 7.26. The molecule has 1 aliphatic heterocycles. The van der Waals surface area contributed by atoms with Crippen LogP contribution in [0.2, 0.25) is 0 Å². The Hall–Kier alpha value is -2.04. The van der Waals surface area contributed by atoms with Crippen molar-refractivity contribution < 1.29 is 4.79 Å². The van der Waals surface area contributed by atoms with Gasteiger partial charge in [-0.2, -0.15) is 0 Å². The van der Waals surface area contributed by atoms with E-state index in [0.29, 0.717) is 0 Å². The number of rotatable bonds is 12. The molecule has 2 fully saturated rings. The van der Waals surface area contributed by atoms with Gasteiger partial charge in [-0.25, -0.2) is 0 Å². The van der Waals surface area contributed by atoms with Crippen molar-refractivity contribution in [1.82, 2.24) is 9.62 Å². The van der Waals surface area contributed by atoms with Gasteiger partial charge in [0.15, 0.2) is 0 Å². The molecule has 0 bridgehead atoms. The maximum absolute atomic E-state index is 13.0. The molecule has 1 heterocycles. The van der Waals surface area contributed by atoms with Gasteiger partial charge in [-0.05, 0) is 73.6 Å². The summed E-state index contributed by atoms with van der Waals surface area (Å²) in [6.07, 6.45) is 12.5. The highest BCUT2D eigenvalue weighted by Crippen LogP contribution is 2.41. The van der Waals surface area contributed by atoms with Crippen LogP contribution in [0.1, 0.15) is 84.8 Å². The summed E-state index contributed by atoms with van der Waals surface area (Å²) < 4.78 is 3.54. The molecule has 2 aliphatic carbocycles. The summed E-state index contributed by atoms with van der Waals surface area (Å²) in [6, 6.07) is 17.2. The maximum atomic E-state index is 13.0. The fourth-order valence-corrected chi connectivity index (χ4v) is 5.71. The molecule has 174 valence electrons. The summed E-state index contributed by atoms with van der Waals surface area (Å²) in [5.41, 5.74) is 7.64. The summed E-state index contributed by atoms with van der Waals surface area (Å²) >= 11 is 1.83. The van der Waals surface area contributed by atoms with E-state index in [1.165, 1.54) is 60.9 Å². The van der Waals surface area contributed by atoms with E-state index in [1.54, 1.807) is 0 Å². The summed E-state index contributed by atoms with van der Waals surface area (Å²) in [4.78, 5) is 15.0. The van der Waals surface area contributed by atoms with Gasteiger partial charge in [0.05, 0.1) is 5.70 Å². The van der Waals surface area contributed by atoms with E-state index in [1.807, 2.05) is 24.1 Å². The highest BCUT2D eigenvalue weighted by atomic mass is 32.2. The molecule has 3 aliphatic rings. The van der Waals surface area contributed by atoms with E-state index in [0.717, 1.165) is 61.6 Å². The largest absolute Gasteiger partial charge is 0.308 e. The number of allylic oxidation sites excluding steroid dienone is 1. The van der Waals surface area contributed by atoms with Crippen LogP contribution in [0.15, 0.2) is 54.1 Å². The molecule has 2 aromatic rings. The predicted molar refractivity (Wildman–Crippen MR) is 139 cm³/mol. The van der Waals surface area contributed by atoms with Crippen molar-refractivity contribution in [2.45, 2.75) is 70.8 Å².